The predicted octanol–water partition coefficient (Wildman–Crippen LogP) is 3.26. The Morgan fingerprint density at radius 1 is 1.18 bits per heavy atom. The molecule has 8 heteroatoms. The van der Waals surface area contributed by atoms with E-state index in [4.69, 9.17) is 4.74 Å². The molecular weight excluding hydrogens is 423 g/mol. The first kappa shape index (κ1) is 22.7. The van der Waals surface area contributed by atoms with Crippen LogP contribution < -0.4 is 5.32 Å². The number of nitrogens with zero attached hydrogens (tertiary/aromatic N) is 3. The Kier molecular flexibility index (Phi) is 6.55. The Bertz CT molecular complexity index is 1130. The van der Waals surface area contributed by atoms with Crippen LogP contribution in [-0.2, 0) is 22.6 Å². The maximum absolute atomic E-state index is 13.6. The summed E-state index contributed by atoms with van der Waals surface area (Å²) in [4.78, 5) is 28.5. The third-order valence-corrected chi connectivity index (χ3v) is 5.92. The van der Waals surface area contributed by atoms with Gasteiger partial charge < -0.3 is 15.0 Å². The van der Waals surface area contributed by atoms with Crippen molar-refractivity contribution < 1.29 is 18.7 Å². The highest BCUT2D eigenvalue weighted by Crippen LogP contribution is 2.31. The fourth-order valence-electron chi connectivity index (χ4n) is 4.02. The molecule has 2 amide bonds. The molecule has 2 heterocycles. The zero-order chi connectivity index (χ0) is 23.4. The zero-order valence-corrected chi connectivity index (χ0v) is 18.8. The summed E-state index contributed by atoms with van der Waals surface area (Å²) in [6.45, 7) is 3.08. The number of fused-ring (bicyclic) bond motifs is 1. The van der Waals surface area contributed by atoms with Crippen LogP contribution in [0.4, 0.5) is 4.39 Å². The molecule has 172 valence electrons. The van der Waals surface area contributed by atoms with Gasteiger partial charge >= 0.3 is 0 Å². The highest BCUT2D eigenvalue weighted by molar-refractivity contribution is 6.00. The summed E-state index contributed by atoms with van der Waals surface area (Å²) in [7, 11) is 1.61. The number of carbonyl (C=O) groups is 2. The van der Waals surface area contributed by atoms with E-state index in [0.717, 1.165) is 11.1 Å². The van der Waals surface area contributed by atoms with Crippen LogP contribution in [0.25, 0.3) is 11.3 Å². The lowest BCUT2D eigenvalue weighted by molar-refractivity contribution is -0.133. The fraction of sp³-hybridized carbons (Fsp3) is 0.320. The second-order valence-electron chi connectivity index (χ2n) is 8.33. The Morgan fingerprint density at radius 2 is 1.91 bits per heavy atom. The normalized spacial score (nSPS) is 17.7. The first-order valence-electron chi connectivity index (χ1n) is 10.9. The number of rotatable bonds is 8. The first-order valence-corrected chi connectivity index (χ1v) is 10.9. The third kappa shape index (κ3) is 4.66. The molecule has 0 bridgehead atoms. The SMILES string of the molecule is COCCCNC(=O)C1(C)Cn2nc(-c3ccccc3)cc2C(=O)N1Cc1ccc(F)cc1. The number of hydrogen-bond acceptors (Lipinski definition) is 4. The molecule has 0 saturated carbocycles. The summed E-state index contributed by atoms with van der Waals surface area (Å²) in [5.74, 6) is -0.917. The van der Waals surface area contributed by atoms with Gasteiger partial charge in [-0.2, -0.15) is 5.10 Å². The lowest BCUT2D eigenvalue weighted by Crippen LogP contribution is -2.63. The maximum atomic E-state index is 13.6. The van der Waals surface area contributed by atoms with E-state index in [1.807, 2.05) is 30.3 Å². The molecule has 1 aliphatic heterocycles. The van der Waals surface area contributed by atoms with Gasteiger partial charge in [-0.05, 0) is 37.1 Å². The topological polar surface area (TPSA) is 76.5 Å². The molecule has 33 heavy (non-hydrogen) atoms. The number of aromatic nitrogens is 2. The average molecular weight is 451 g/mol. The summed E-state index contributed by atoms with van der Waals surface area (Å²) in [6.07, 6.45) is 0.662. The number of ether oxygens (including phenoxy) is 1. The standard InChI is InChI=1S/C25H27FN4O3/c1-25(24(32)27-13-6-14-33-2)17-30-22(15-21(28-30)19-7-4-3-5-8-19)23(31)29(25)16-18-9-11-20(26)12-10-18/h3-5,7-12,15H,6,13-14,16-17H2,1-2H3,(H,27,32). The second kappa shape index (κ2) is 9.54. The molecule has 0 saturated heterocycles. The maximum Gasteiger partial charge on any atom is 0.273 e. The summed E-state index contributed by atoms with van der Waals surface area (Å²) in [5, 5.41) is 7.56. The molecule has 1 aromatic heterocycles. The lowest BCUT2D eigenvalue weighted by atomic mass is 9.94. The lowest BCUT2D eigenvalue weighted by Gasteiger charge is -2.43. The van der Waals surface area contributed by atoms with Gasteiger partial charge in [0.15, 0.2) is 0 Å². The molecule has 0 fully saturated rings. The van der Waals surface area contributed by atoms with Gasteiger partial charge in [0.05, 0.1) is 12.2 Å². The molecular formula is C25H27FN4O3. The molecule has 0 aliphatic carbocycles. The molecule has 4 rings (SSSR count). The smallest absolute Gasteiger partial charge is 0.273 e. The van der Waals surface area contributed by atoms with E-state index < -0.39 is 5.54 Å². The number of benzene rings is 2. The Balaban J connectivity index is 1.68. The second-order valence-corrected chi connectivity index (χ2v) is 8.33. The van der Waals surface area contributed by atoms with Gasteiger partial charge in [-0.3, -0.25) is 14.3 Å². The minimum absolute atomic E-state index is 0.174. The van der Waals surface area contributed by atoms with Gasteiger partial charge in [0.1, 0.15) is 17.1 Å². The van der Waals surface area contributed by atoms with Gasteiger partial charge in [-0.15, -0.1) is 0 Å². The van der Waals surface area contributed by atoms with E-state index in [1.54, 1.807) is 41.8 Å². The van der Waals surface area contributed by atoms with Crippen molar-refractivity contribution in [1.82, 2.24) is 20.0 Å². The molecule has 0 spiro atoms. The molecule has 2 aromatic carbocycles. The molecule has 1 N–H and O–H groups in total. The van der Waals surface area contributed by atoms with Gasteiger partial charge in [-0.1, -0.05) is 42.5 Å². The van der Waals surface area contributed by atoms with E-state index in [0.29, 0.717) is 31.0 Å². The minimum Gasteiger partial charge on any atom is -0.385 e. The van der Waals surface area contributed by atoms with Gasteiger partial charge in [0.25, 0.3) is 5.91 Å². The van der Waals surface area contributed by atoms with Crippen molar-refractivity contribution in [2.24, 2.45) is 0 Å². The number of nitrogens with one attached hydrogen (secondary N) is 1. The number of carbonyl (C=O) groups excluding carboxylic acids is 2. The number of halogens is 1. The molecule has 1 unspecified atom stereocenters. The van der Waals surface area contributed by atoms with Gasteiger partial charge in [0.2, 0.25) is 5.91 Å². The van der Waals surface area contributed by atoms with Crippen LogP contribution in [0.5, 0.6) is 0 Å². The van der Waals surface area contributed by atoms with Crippen LogP contribution in [-0.4, -0.2) is 52.3 Å². The van der Waals surface area contributed by atoms with E-state index in [-0.39, 0.29) is 30.7 Å². The van der Waals surface area contributed by atoms with Crippen LogP contribution >= 0.6 is 0 Å². The quantitative estimate of drug-likeness (QED) is 0.535. The molecule has 1 aliphatic rings. The van der Waals surface area contributed by atoms with Crippen LogP contribution in [0.15, 0.2) is 60.7 Å². The molecule has 0 radical (unpaired) electrons. The van der Waals surface area contributed by atoms with Crippen molar-refractivity contribution in [2.75, 3.05) is 20.3 Å². The van der Waals surface area contributed by atoms with E-state index >= 15 is 0 Å². The van der Waals surface area contributed by atoms with Crippen molar-refractivity contribution in [3.63, 3.8) is 0 Å². The van der Waals surface area contributed by atoms with Crippen molar-refractivity contribution in [3.8, 4) is 11.3 Å². The zero-order valence-electron chi connectivity index (χ0n) is 18.8. The van der Waals surface area contributed by atoms with Gasteiger partial charge in [-0.25, -0.2) is 4.39 Å². The highest BCUT2D eigenvalue weighted by atomic mass is 19.1. The van der Waals surface area contributed by atoms with E-state index in [2.05, 4.69) is 10.4 Å². The predicted molar refractivity (Wildman–Crippen MR) is 122 cm³/mol. The van der Waals surface area contributed by atoms with E-state index in [9.17, 15) is 14.0 Å². The number of amides is 2. The van der Waals surface area contributed by atoms with E-state index in [1.165, 1.54) is 12.1 Å². The third-order valence-electron chi connectivity index (χ3n) is 5.92. The molecule has 1 atom stereocenters. The summed E-state index contributed by atoms with van der Waals surface area (Å²) >= 11 is 0. The van der Waals surface area contributed by atoms with Crippen molar-refractivity contribution in [3.05, 3.63) is 77.7 Å². The fourth-order valence-corrected chi connectivity index (χ4v) is 4.02. The van der Waals surface area contributed by atoms with Crippen LogP contribution in [0.2, 0.25) is 0 Å². The molecule has 7 nitrogen and oxygen atoms in total. The number of methoxy groups -OCH3 is 1. The first-order chi connectivity index (χ1) is 15.9. The van der Waals surface area contributed by atoms with Crippen LogP contribution in [0.1, 0.15) is 29.4 Å². The average Bonchev–Trinajstić information content (AvgIpc) is 3.25. The van der Waals surface area contributed by atoms with Crippen molar-refractivity contribution >= 4 is 11.8 Å². The molecule has 3 aromatic rings. The van der Waals surface area contributed by atoms with Gasteiger partial charge in [0, 0.05) is 32.4 Å². The summed E-state index contributed by atoms with van der Waals surface area (Å²) in [6, 6.07) is 17.3. The van der Waals surface area contributed by atoms with Crippen LogP contribution in [0.3, 0.4) is 0 Å². The van der Waals surface area contributed by atoms with Crippen molar-refractivity contribution in [2.45, 2.75) is 32.0 Å². The largest absolute Gasteiger partial charge is 0.385 e. The Labute approximate surface area is 192 Å². The monoisotopic (exact) mass is 450 g/mol. The Hall–Kier alpha value is -3.52. The summed E-state index contributed by atoms with van der Waals surface area (Å²) < 4.78 is 20.1. The Morgan fingerprint density at radius 3 is 2.61 bits per heavy atom. The minimum atomic E-state index is -1.18. The highest BCUT2D eigenvalue weighted by Gasteiger charge is 2.47. The van der Waals surface area contributed by atoms with Crippen molar-refractivity contribution in [1.29, 1.82) is 0 Å². The van der Waals surface area contributed by atoms with Crippen LogP contribution in [0, 0.1) is 5.82 Å². The number of hydrogen-bond donors (Lipinski definition) is 1. The summed E-state index contributed by atoms with van der Waals surface area (Å²) in [5.41, 5.74) is 1.54.